The van der Waals surface area contributed by atoms with Gasteiger partial charge in [0.2, 0.25) is 6.79 Å². The Bertz CT molecular complexity index is 724. The lowest BCUT2D eigenvalue weighted by molar-refractivity contribution is 0.173. The fourth-order valence-electron chi connectivity index (χ4n) is 3.59. The van der Waals surface area contributed by atoms with Crippen LogP contribution in [0.3, 0.4) is 0 Å². The zero-order valence-electron chi connectivity index (χ0n) is 14.9. The van der Waals surface area contributed by atoms with E-state index < -0.39 is 0 Å². The molecule has 2 heterocycles. The van der Waals surface area contributed by atoms with Crippen molar-refractivity contribution in [2.45, 2.75) is 6.04 Å². The van der Waals surface area contributed by atoms with Crippen LogP contribution in [-0.2, 0) is 0 Å². The van der Waals surface area contributed by atoms with Crippen LogP contribution in [0.4, 0.5) is 5.69 Å². The highest BCUT2D eigenvalue weighted by molar-refractivity contribution is 5.50. The van der Waals surface area contributed by atoms with Crippen LogP contribution in [0, 0.1) is 0 Å². The number of piperazine rings is 1. The Hall–Kier alpha value is -2.24. The molecule has 0 spiro atoms. The van der Waals surface area contributed by atoms with Crippen LogP contribution in [0.25, 0.3) is 0 Å². The van der Waals surface area contributed by atoms with Crippen molar-refractivity contribution in [1.82, 2.24) is 10.2 Å². The molecule has 1 N–H and O–H groups in total. The lowest BCUT2D eigenvalue weighted by atomic mass is 9.95. The normalized spacial score (nSPS) is 18.2. The second-order valence-electron chi connectivity index (χ2n) is 6.79. The first kappa shape index (κ1) is 16.2. The summed E-state index contributed by atoms with van der Waals surface area (Å²) in [7, 11) is 4.14. The molecule has 0 bridgehead atoms. The predicted molar refractivity (Wildman–Crippen MR) is 99.6 cm³/mol. The highest BCUT2D eigenvalue weighted by Gasteiger charge is 2.26. The summed E-state index contributed by atoms with van der Waals surface area (Å²) < 4.78 is 11.1. The molecule has 2 aliphatic rings. The van der Waals surface area contributed by atoms with Crippen molar-refractivity contribution in [3.8, 4) is 11.5 Å². The van der Waals surface area contributed by atoms with Crippen LogP contribution in [0.5, 0.6) is 11.5 Å². The van der Waals surface area contributed by atoms with Gasteiger partial charge < -0.3 is 19.7 Å². The topological polar surface area (TPSA) is 37.0 Å². The summed E-state index contributed by atoms with van der Waals surface area (Å²) in [5, 5.41) is 3.45. The van der Waals surface area contributed by atoms with Crippen molar-refractivity contribution in [2.24, 2.45) is 0 Å². The van der Waals surface area contributed by atoms with Crippen molar-refractivity contribution in [1.29, 1.82) is 0 Å². The molecule has 1 unspecified atom stereocenters. The van der Waals surface area contributed by atoms with Crippen molar-refractivity contribution in [3.63, 3.8) is 0 Å². The van der Waals surface area contributed by atoms with Gasteiger partial charge in [0.25, 0.3) is 0 Å². The summed E-state index contributed by atoms with van der Waals surface area (Å²) in [6.45, 7) is 4.44. The molecule has 2 aliphatic heterocycles. The zero-order chi connectivity index (χ0) is 17.2. The first-order chi connectivity index (χ1) is 12.2. The van der Waals surface area contributed by atoms with Crippen LogP contribution in [0.2, 0.25) is 0 Å². The average molecular weight is 339 g/mol. The molecule has 25 heavy (non-hydrogen) atoms. The number of benzene rings is 2. The summed E-state index contributed by atoms with van der Waals surface area (Å²) >= 11 is 0. The molecule has 1 saturated heterocycles. The lowest BCUT2D eigenvalue weighted by Gasteiger charge is -2.35. The van der Waals surface area contributed by atoms with Gasteiger partial charge in [0.1, 0.15) is 0 Å². The molecule has 0 aromatic heterocycles. The maximum atomic E-state index is 5.60. The Morgan fingerprint density at radius 2 is 1.60 bits per heavy atom. The quantitative estimate of drug-likeness (QED) is 0.926. The summed E-state index contributed by atoms with van der Waals surface area (Å²) in [6, 6.07) is 15.4. The van der Waals surface area contributed by atoms with Crippen molar-refractivity contribution < 1.29 is 9.47 Å². The van der Waals surface area contributed by atoms with E-state index in [2.05, 4.69) is 65.6 Å². The summed E-state index contributed by atoms with van der Waals surface area (Å²) in [5.74, 6) is 1.69. The minimum absolute atomic E-state index is 0.229. The van der Waals surface area contributed by atoms with E-state index in [-0.39, 0.29) is 6.04 Å². The number of ether oxygens (including phenoxy) is 2. The van der Waals surface area contributed by atoms with Gasteiger partial charge in [-0.3, -0.25) is 4.90 Å². The standard InChI is InChI=1S/C20H25N3O2/c1-22(2)17-6-3-15(4-7-17)20(23-11-9-21-10-12-23)16-5-8-18-19(13-16)25-14-24-18/h3-8,13,20-21H,9-12,14H2,1-2H3. The highest BCUT2D eigenvalue weighted by Crippen LogP contribution is 2.38. The second kappa shape index (κ2) is 6.94. The largest absolute Gasteiger partial charge is 0.454 e. The van der Waals surface area contributed by atoms with E-state index in [1.54, 1.807) is 0 Å². The van der Waals surface area contributed by atoms with Gasteiger partial charge in [-0.15, -0.1) is 0 Å². The van der Waals surface area contributed by atoms with E-state index in [0.717, 1.165) is 37.7 Å². The number of anilines is 1. The van der Waals surface area contributed by atoms with Crippen LogP contribution < -0.4 is 19.7 Å². The fourth-order valence-corrected chi connectivity index (χ4v) is 3.59. The monoisotopic (exact) mass is 339 g/mol. The molecule has 1 fully saturated rings. The van der Waals surface area contributed by atoms with Crippen LogP contribution in [-0.4, -0.2) is 52.0 Å². The Balaban J connectivity index is 1.71. The third-order valence-corrected chi connectivity index (χ3v) is 4.95. The summed E-state index contributed by atoms with van der Waals surface area (Å²) in [4.78, 5) is 4.67. The average Bonchev–Trinajstić information content (AvgIpc) is 3.11. The van der Waals surface area contributed by atoms with Gasteiger partial charge in [0.15, 0.2) is 11.5 Å². The molecule has 0 radical (unpaired) electrons. The molecule has 4 rings (SSSR count). The van der Waals surface area contributed by atoms with Gasteiger partial charge in [-0.25, -0.2) is 0 Å². The molecule has 5 nitrogen and oxygen atoms in total. The van der Waals surface area contributed by atoms with Gasteiger partial charge in [-0.2, -0.15) is 0 Å². The molecule has 0 amide bonds. The smallest absolute Gasteiger partial charge is 0.231 e. The number of rotatable bonds is 4. The van der Waals surface area contributed by atoms with Crippen molar-refractivity contribution in [3.05, 3.63) is 53.6 Å². The lowest BCUT2D eigenvalue weighted by Crippen LogP contribution is -2.45. The maximum absolute atomic E-state index is 5.60. The molecule has 0 aliphatic carbocycles. The molecule has 2 aromatic carbocycles. The van der Waals surface area contributed by atoms with Crippen LogP contribution in [0.1, 0.15) is 17.2 Å². The summed E-state index contributed by atoms with van der Waals surface area (Å²) in [5.41, 5.74) is 3.78. The minimum Gasteiger partial charge on any atom is -0.454 e. The number of hydrogen-bond donors (Lipinski definition) is 1. The Kier molecular flexibility index (Phi) is 4.51. The molecular weight excluding hydrogens is 314 g/mol. The minimum atomic E-state index is 0.229. The van der Waals surface area contributed by atoms with E-state index >= 15 is 0 Å². The SMILES string of the molecule is CN(C)c1ccc(C(c2ccc3c(c2)OCO3)N2CCNCC2)cc1. The number of fused-ring (bicyclic) bond motifs is 1. The molecule has 5 heteroatoms. The Labute approximate surface area is 149 Å². The number of nitrogens with zero attached hydrogens (tertiary/aromatic N) is 2. The van der Waals surface area contributed by atoms with Gasteiger partial charge in [0.05, 0.1) is 6.04 Å². The third kappa shape index (κ3) is 3.30. The van der Waals surface area contributed by atoms with Crippen molar-refractivity contribution >= 4 is 5.69 Å². The van der Waals surface area contributed by atoms with Crippen molar-refractivity contribution in [2.75, 3.05) is 52.0 Å². The van der Waals surface area contributed by atoms with Gasteiger partial charge in [-0.1, -0.05) is 18.2 Å². The Morgan fingerprint density at radius 1 is 0.920 bits per heavy atom. The molecule has 132 valence electrons. The van der Waals surface area contributed by atoms with Gasteiger partial charge in [0, 0.05) is 46.0 Å². The van der Waals surface area contributed by atoms with Crippen LogP contribution in [0.15, 0.2) is 42.5 Å². The van der Waals surface area contributed by atoms with E-state index in [1.807, 2.05) is 6.07 Å². The zero-order valence-corrected chi connectivity index (χ0v) is 14.9. The second-order valence-corrected chi connectivity index (χ2v) is 6.79. The maximum Gasteiger partial charge on any atom is 0.231 e. The fraction of sp³-hybridized carbons (Fsp3) is 0.400. The van der Waals surface area contributed by atoms with E-state index in [4.69, 9.17) is 9.47 Å². The first-order valence-electron chi connectivity index (χ1n) is 8.84. The third-order valence-electron chi connectivity index (χ3n) is 4.95. The van der Waals surface area contributed by atoms with E-state index in [0.29, 0.717) is 6.79 Å². The molecule has 2 aromatic rings. The highest BCUT2D eigenvalue weighted by atomic mass is 16.7. The van der Waals surface area contributed by atoms with Gasteiger partial charge >= 0.3 is 0 Å². The van der Waals surface area contributed by atoms with Crippen LogP contribution >= 0.6 is 0 Å². The number of hydrogen-bond acceptors (Lipinski definition) is 5. The summed E-state index contributed by atoms with van der Waals surface area (Å²) in [6.07, 6.45) is 0. The molecule has 1 atom stereocenters. The molecule has 0 saturated carbocycles. The predicted octanol–water partition coefficient (Wildman–Crippen LogP) is 2.48. The molecular formula is C20H25N3O2. The van der Waals surface area contributed by atoms with E-state index in [9.17, 15) is 0 Å². The van der Waals surface area contributed by atoms with E-state index in [1.165, 1.54) is 16.8 Å². The first-order valence-corrected chi connectivity index (χ1v) is 8.84. The van der Waals surface area contributed by atoms with Gasteiger partial charge in [-0.05, 0) is 35.4 Å². The number of nitrogens with one attached hydrogen (secondary N) is 1. The Morgan fingerprint density at radius 3 is 2.32 bits per heavy atom.